The number of pyridine rings is 3. The Kier molecular flexibility index (Phi) is 5.21. The molecule has 0 radical (unpaired) electrons. The van der Waals surface area contributed by atoms with Crippen LogP contribution in [0.25, 0.3) is 5.69 Å². The summed E-state index contributed by atoms with van der Waals surface area (Å²) in [7, 11) is 0. The van der Waals surface area contributed by atoms with Crippen molar-refractivity contribution >= 4 is 5.97 Å². The minimum atomic E-state index is -1.18. The Morgan fingerprint density at radius 1 is 1.14 bits per heavy atom. The normalized spacial score (nSPS) is 10.7. The lowest BCUT2D eigenvalue weighted by molar-refractivity contribution is 0.0690. The van der Waals surface area contributed by atoms with Crippen LogP contribution in [0.2, 0.25) is 0 Å². The summed E-state index contributed by atoms with van der Waals surface area (Å²) < 4.78 is 20.8. The van der Waals surface area contributed by atoms with Gasteiger partial charge in [0.25, 0.3) is 5.56 Å². The van der Waals surface area contributed by atoms with E-state index < -0.39 is 17.3 Å². The zero-order chi connectivity index (χ0) is 20.4. The molecule has 8 heteroatoms. The van der Waals surface area contributed by atoms with Crippen molar-refractivity contribution < 1.29 is 19.0 Å². The number of carboxylic acids is 1. The van der Waals surface area contributed by atoms with Crippen molar-refractivity contribution in [1.82, 2.24) is 14.5 Å². The predicted molar refractivity (Wildman–Crippen MR) is 99.5 cm³/mol. The van der Waals surface area contributed by atoms with Crippen molar-refractivity contribution in [3.05, 3.63) is 81.0 Å². The number of aromatic carboxylic acids is 1. The number of carboxylic acid groups (broad SMARTS) is 1. The Hall–Kier alpha value is -3.55. The Balaban J connectivity index is 1.92. The van der Waals surface area contributed by atoms with Crippen LogP contribution in [0.15, 0.2) is 41.5 Å². The summed E-state index contributed by atoms with van der Waals surface area (Å²) in [5, 5.41) is 9.14. The van der Waals surface area contributed by atoms with Crippen molar-refractivity contribution in [2.45, 2.75) is 27.4 Å². The summed E-state index contributed by atoms with van der Waals surface area (Å²) in [6, 6.07) is 5.59. The van der Waals surface area contributed by atoms with E-state index in [4.69, 9.17) is 9.84 Å². The molecule has 3 heterocycles. The molecule has 1 N–H and O–H groups in total. The van der Waals surface area contributed by atoms with Gasteiger partial charge in [0.05, 0.1) is 5.69 Å². The van der Waals surface area contributed by atoms with Gasteiger partial charge in [0, 0.05) is 30.2 Å². The van der Waals surface area contributed by atoms with Gasteiger partial charge in [-0.25, -0.2) is 14.2 Å². The molecule has 0 spiro atoms. The minimum Gasteiger partial charge on any atom is -0.487 e. The summed E-state index contributed by atoms with van der Waals surface area (Å²) in [5.74, 6) is -1.39. The third kappa shape index (κ3) is 3.90. The standard InChI is InChI=1S/C20H18FN3O4/c1-11-4-15(21)17(22-8-11)10-28-14-5-13(3)24(19(25)6-14)18-7-16(20(26)27)23-9-12(18)2/h4-9H,10H2,1-3H3,(H,26,27). The summed E-state index contributed by atoms with van der Waals surface area (Å²) in [6.07, 6.45) is 2.94. The number of hydrogen-bond acceptors (Lipinski definition) is 5. The molecule has 0 aliphatic heterocycles. The van der Waals surface area contributed by atoms with Gasteiger partial charge < -0.3 is 9.84 Å². The van der Waals surface area contributed by atoms with Crippen LogP contribution in [0.4, 0.5) is 4.39 Å². The molecule has 7 nitrogen and oxygen atoms in total. The fourth-order valence-electron chi connectivity index (χ4n) is 2.75. The first-order valence-corrected chi connectivity index (χ1v) is 8.44. The highest BCUT2D eigenvalue weighted by atomic mass is 19.1. The van der Waals surface area contributed by atoms with E-state index >= 15 is 0 Å². The number of hydrogen-bond donors (Lipinski definition) is 1. The predicted octanol–water partition coefficient (Wildman–Crippen LogP) is 2.97. The lowest BCUT2D eigenvalue weighted by Gasteiger charge is -2.15. The topological polar surface area (TPSA) is 94.3 Å². The maximum Gasteiger partial charge on any atom is 0.354 e. The molecule has 0 unspecified atom stereocenters. The van der Waals surface area contributed by atoms with E-state index in [2.05, 4.69) is 9.97 Å². The molecule has 3 aromatic rings. The second kappa shape index (κ2) is 7.59. The smallest absolute Gasteiger partial charge is 0.354 e. The Morgan fingerprint density at radius 2 is 1.89 bits per heavy atom. The largest absolute Gasteiger partial charge is 0.487 e. The van der Waals surface area contributed by atoms with Gasteiger partial charge >= 0.3 is 5.97 Å². The first kappa shape index (κ1) is 19.2. The van der Waals surface area contributed by atoms with Gasteiger partial charge in [0.1, 0.15) is 29.6 Å². The molecule has 3 rings (SSSR count). The monoisotopic (exact) mass is 383 g/mol. The van der Waals surface area contributed by atoms with E-state index in [-0.39, 0.29) is 23.7 Å². The van der Waals surface area contributed by atoms with Gasteiger partial charge in [-0.15, -0.1) is 0 Å². The molecule has 0 atom stereocenters. The van der Waals surface area contributed by atoms with E-state index in [9.17, 15) is 14.0 Å². The first-order chi connectivity index (χ1) is 13.3. The van der Waals surface area contributed by atoms with Crippen LogP contribution in [0.3, 0.4) is 0 Å². The van der Waals surface area contributed by atoms with Crippen LogP contribution < -0.4 is 10.3 Å². The molecule has 0 aliphatic carbocycles. The highest BCUT2D eigenvalue weighted by Crippen LogP contribution is 2.19. The molecule has 0 saturated heterocycles. The van der Waals surface area contributed by atoms with Gasteiger partial charge in [0.2, 0.25) is 0 Å². The van der Waals surface area contributed by atoms with E-state index in [0.717, 1.165) is 0 Å². The third-order valence-electron chi connectivity index (χ3n) is 4.15. The van der Waals surface area contributed by atoms with E-state index in [1.165, 1.54) is 35.2 Å². The second-order valence-electron chi connectivity index (χ2n) is 6.40. The number of halogens is 1. The first-order valence-electron chi connectivity index (χ1n) is 8.44. The number of aryl methyl sites for hydroxylation is 3. The molecule has 0 bridgehead atoms. The fourth-order valence-corrected chi connectivity index (χ4v) is 2.75. The van der Waals surface area contributed by atoms with Crippen LogP contribution in [0, 0.1) is 26.6 Å². The quantitative estimate of drug-likeness (QED) is 0.728. The van der Waals surface area contributed by atoms with Crippen molar-refractivity contribution in [3.8, 4) is 11.4 Å². The van der Waals surface area contributed by atoms with Crippen LogP contribution in [-0.4, -0.2) is 25.6 Å². The molecular formula is C20H18FN3O4. The van der Waals surface area contributed by atoms with Gasteiger partial charge in [-0.1, -0.05) is 0 Å². The molecule has 0 aliphatic rings. The third-order valence-corrected chi connectivity index (χ3v) is 4.15. The minimum absolute atomic E-state index is 0.119. The number of rotatable bonds is 5. The molecule has 0 fully saturated rings. The summed E-state index contributed by atoms with van der Waals surface area (Å²) in [4.78, 5) is 31.7. The average Bonchev–Trinajstić information content (AvgIpc) is 2.61. The Morgan fingerprint density at radius 3 is 2.54 bits per heavy atom. The number of ether oxygens (including phenoxy) is 1. The maximum absolute atomic E-state index is 13.9. The molecule has 3 aromatic heterocycles. The van der Waals surface area contributed by atoms with Crippen LogP contribution in [0.1, 0.15) is 33.0 Å². The van der Waals surface area contributed by atoms with Gasteiger partial charge in [-0.05, 0) is 44.0 Å². The average molecular weight is 383 g/mol. The summed E-state index contributed by atoms with van der Waals surface area (Å²) in [6.45, 7) is 5.04. The van der Waals surface area contributed by atoms with Crippen LogP contribution in [0.5, 0.6) is 5.75 Å². The highest BCUT2D eigenvalue weighted by Gasteiger charge is 2.14. The zero-order valence-electron chi connectivity index (χ0n) is 15.6. The van der Waals surface area contributed by atoms with E-state index in [1.807, 2.05) is 0 Å². The van der Waals surface area contributed by atoms with Gasteiger partial charge in [-0.3, -0.25) is 14.3 Å². The fraction of sp³-hybridized carbons (Fsp3) is 0.200. The van der Waals surface area contributed by atoms with E-state index in [1.54, 1.807) is 26.8 Å². The number of nitrogens with zero attached hydrogens (tertiary/aromatic N) is 3. The van der Waals surface area contributed by atoms with Gasteiger partial charge in [-0.2, -0.15) is 0 Å². The molecule has 0 amide bonds. The lowest BCUT2D eigenvalue weighted by Crippen LogP contribution is -2.21. The molecular weight excluding hydrogens is 365 g/mol. The second-order valence-corrected chi connectivity index (χ2v) is 6.40. The summed E-state index contributed by atoms with van der Waals surface area (Å²) >= 11 is 0. The number of aromatic nitrogens is 3. The summed E-state index contributed by atoms with van der Waals surface area (Å²) in [5.41, 5.74) is 1.88. The molecule has 144 valence electrons. The molecule has 0 aromatic carbocycles. The van der Waals surface area contributed by atoms with Crippen molar-refractivity contribution in [2.75, 3.05) is 0 Å². The Labute approximate surface area is 160 Å². The van der Waals surface area contributed by atoms with Crippen LogP contribution >= 0.6 is 0 Å². The van der Waals surface area contributed by atoms with Gasteiger partial charge in [0.15, 0.2) is 0 Å². The Bertz CT molecular complexity index is 1120. The SMILES string of the molecule is Cc1cnc(COc2cc(C)n(-c3cc(C(=O)O)ncc3C)c(=O)c2)c(F)c1. The van der Waals surface area contributed by atoms with Crippen molar-refractivity contribution in [1.29, 1.82) is 0 Å². The maximum atomic E-state index is 13.9. The zero-order valence-corrected chi connectivity index (χ0v) is 15.6. The highest BCUT2D eigenvalue weighted by molar-refractivity contribution is 5.86. The molecule has 28 heavy (non-hydrogen) atoms. The van der Waals surface area contributed by atoms with Crippen molar-refractivity contribution in [2.24, 2.45) is 0 Å². The van der Waals surface area contributed by atoms with Crippen LogP contribution in [-0.2, 0) is 6.61 Å². The van der Waals surface area contributed by atoms with Crippen molar-refractivity contribution in [3.63, 3.8) is 0 Å². The van der Waals surface area contributed by atoms with E-state index in [0.29, 0.717) is 22.5 Å². The lowest BCUT2D eigenvalue weighted by atomic mass is 10.2. The molecule has 0 saturated carbocycles. The number of carbonyl (C=O) groups is 1.